The maximum absolute atomic E-state index is 11.7. The first-order chi connectivity index (χ1) is 10.3. The fraction of sp³-hybridized carbons (Fsp3) is 0.467. The molecule has 0 aromatic carbocycles. The van der Waals surface area contributed by atoms with Crippen LogP contribution in [0.1, 0.15) is 26.2 Å². The zero-order valence-electron chi connectivity index (χ0n) is 12.2. The molecule has 0 unspecified atom stereocenters. The van der Waals surface area contributed by atoms with Gasteiger partial charge in [-0.25, -0.2) is 9.78 Å². The molecule has 0 saturated heterocycles. The van der Waals surface area contributed by atoms with Gasteiger partial charge < -0.3 is 10.1 Å². The highest BCUT2D eigenvalue weighted by Crippen LogP contribution is 2.17. The second-order valence-electron chi connectivity index (χ2n) is 4.69. The molecule has 6 heteroatoms. The Hall–Kier alpha value is -2.08. The predicted molar refractivity (Wildman–Crippen MR) is 79.3 cm³/mol. The number of pyridine rings is 1. The summed E-state index contributed by atoms with van der Waals surface area (Å²) in [6, 6.07) is 5.78. The van der Waals surface area contributed by atoms with Crippen molar-refractivity contribution in [1.29, 1.82) is 0 Å². The van der Waals surface area contributed by atoms with Gasteiger partial charge in [-0.1, -0.05) is 6.07 Å². The highest BCUT2D eigenvalue weighted by Gasteiger charge is 2.22. The fourth-order valence-electron chi connectivity index (χ4n) is 2.07. The largest absolute Gasteiger partial charge is 0.461 e. The number of carbonyl (C=O) groups excluding carboxylic acids is 1. The average Bonchev–Trinajstić information content (AvgIpc) is 2.97. The quantitative estimate of drug-likeness (QED) is 0.564. The molecule has 0 amide bonds. The molecule has 0 bridgehead atoms. The summed E-state index contributed by atoms with van der Waals surface area (Å²) < 4.78 is 4.98. The molecule has 0 atom stereocenters. The third kappa shape index (κ3) is 4.75. The molecule has 0 aliphatic carbocycles. The van der Waals surface area contributed by atoms with Crippen LogP contribution in [0.3, 0.4) is 0 Å². The maximum Gasteiger partial charge on any atom is 0.356 e. The van der Waals surface area contributed by atoms with E-state index in [1.807, 2.05) is 18.2 Å². The zero-order chi connectivity index (χ0) is 14.9. The molecule has 0 radical (unpaired) electrons. The van der Waals surface area contributed by atoms with Crippen molar-refractivity contribution in [3.63, 3.8) is 0 Å². The second-order valence-corrected chi connectivity index (χ2v) is 4.69. The Morgan fingerprint density at radius 1 is 1.48 bits per heavy atom. The van der Waals surface area contributed by atoms with Crippen molar-refractivity contribution >= 4 is 11.8 Å². The first-order valence-electron chi connectivity index (χ1n) is 7.23. The number of nitrogens with one attached hydrogen (secondary N) is 2. The summed E-state index contributed by atoms with van der Waals surface area (Å²) in [6.45, 7) is 3.46. The number of ether oxygens (including phenoxy) is 1. The van der Waals surface area contributed by atoms with Gasteiger partial charge in [-0.15, -0.1) is 0 Å². The van der Waals surface area contributed by atoms with E-state index in [-0.39, 0.29) is 5.97 Å². The predicted octanol–water partition coefficient (Wildman–Crippen LogP) is 2.02. The molecule has 2 rings (SSSR count). The molecule has 6 nitrogen and oxygen atoms in total. The Morgan fingerprint density at radius 3 is 3.14 bits per heavy atom. The van der Waals surface area contributed by atoms with E-state index >= 15 is 0 Å². The molecular formula is C15H21N3O3. The van der Waals surface area contributed by atoms with Gasteiger partial charge in [0.05, 0.1) is 13.2 Å². The van der Waals surface area contributed by atoms with Crippen molar-refractivity contribution in [3.05, 3.63) is 35.7 Å². The Morgan fingerprint density at radius 2 is 2.38 bits per heavy atom. The minimum Gasteiger partial charge on any atom is -0.461 e. The summed E-state index contributed by atoms with van der Waals surface area (Å²) in [4.78, 5) is 21.0. The molecule has 1 aromatic rings. The van der Waals surface area contributed by atoms with Crippen LogP contribution in [-0.2, 0) is 14.4 Å². The van der Waals surface area contributed by atoms with Crippen LogP contribution in [0.5, 0.6) is 0 Å². The number of carbonyl (C=O) groups is 1. The minimum atomic E-state index is -0.336. The van der Waals surface area contributed by atoms with Crippen LogP contribution in [0.4, 0.5) is 5.82 Å². The van der Waals surface area contributed by atoms with Gasteiger partial charge in [0.2, 0.25) is 0 Å². The molecule has 0 saturated carbocycles. The number of rotatable bonds is 8. The lowest BCUT2D eigenvalue weighted by molar-refractivity contribution is -0.139. The third-order valence-electron chi connectivity index (χ3n) is 3.13. The highest BCUT2D eigenvalue weighted by molar-refractivity contribution is 5.88. The van der Waals surface area contributed by atoms with E-state index < -0.39 is 0 Å². The monoisotopic (exact) mass is 291 g/mol. The number of hydrogen-bond acceptors (Lipinski definition) is 6. The number of unbranched alkanes of at least 4 members (excludes halogenated alkanes) is 1. The van der Waals surface area contributed by atoms with E-state index in [1.165, 1.54) is 0 Å². The normalized spacial score (nSPS) is 14.0. The van der Waals surface area contributed by atoms with E-state index in [9.17, 15) is 4.79 Å². The molecule has 1 aromatic heterocycles. The van der Waals surface area contributed by atoms with Gasteiger partial charge in [-0.3, -0.25) is 10.3 Å². The molecule has 1 aliphatic rings. The molecule has 21 heavy (non-hydrogen) atoms. The van der Waals surface area contributed by atoms with Crippen LogP contribution in [0.15, 0.2) is 35.7 Å². The first-order valence-corrected chi connectivity index (χ1v) is 7.23. The number of hydroxylamine groups is 1. The second kappa shape index (κ2) is 8.26. The van der Waals surface area contributed by atoms with Crippen LogP contribution in [0.2, 0.25) is 0 Å². The summed E-state index contributed by atoms with van der Waals surface area (Å²) in [5.41, 5.74) is 4.08. The SMILES string of the molecule is CCOC(=O)C1=C(CCCCNc2ccccn2)CON1. The summed E-state index contributed by atoms with van der Waals surface area (Å²) in [5.74, 6) is 0.548. The molecule has 2 heterocycles. The van der Waals surface area contributed by atoms with Gasteiger partial charge in [-0.2, -0.15) is 0 Å². The summed E-state index contributed by atoms with van der Waals surface area (Å²) in [5, 5.41) is 3.26. The lowest BCUT2D eigenvalue weighted by atomic mass is 10.1. The number of aromatic nitrogens is 1. The van der Waals surface area contributed by atoms with E-state index in [0.29, 0.717) is 18.9 Å². The van der Waals surface area contributed by atoms with Crippen molar-refractivity contribution < 1.29 is 14.4 Å². The van der Waals surface area contributed by atoms with E-state index in [0.717, 1.165) is 37.2 Å². The van der Waals surface area contributed by atoms with E-state index in [2.05, 4.69) is 15.8 Å². The Kier molecular flexibility index (Phi) is 6.02. The Balaban J connectivity index is 1.70. The van der Waals surface area contributed by atoms with E-state index in [1.54, 1.807) is 13.1 Å². The number of nitrogens with zero attached hydrogens (tertiary/aromatic N) is 1. The molecular weight excluding hydrogens is 270 g/mol. The smallest absolute Gasteiger partial charge is 0.356 e. The lowest BCUT2D eigenvalue weighted by Gasteiger charge is -2.06. The van der Waals surface area contributed by atoms with Crippen molar-refractivity contribution in [3.8, 4) is 0 Å². The van der Waals surface area contributed by atoms with Gasteiger partial charge in [0, 0.05) is 12.7 Å². The standard InChI is InChI=1S/C15H21N3O3/c1-2-20-15(19)14-12(11-21-18-14)7-3-5-9-16-13-8-4-6-10-17-13/h4,6,8,10,18H,2-3,5,7,9,11H2,1H3,(H,16,17). The van der Waals surface area contributed by atoms with E-state index in [4.69, 9.17) is 9.57 Å². The topological polar surface area (TPSA) is 72.5 Å². The Labute approximate surface area is 124 Å². The minimum absolute atomic E-state index is 0.336. The Bertz CT molecular complexity index is 488. The molecule has 1 aliphatic heterocycles. The van der Waals surface area contributed by atoms with Gasteiger partial charge >= 0.3 is 5.97 Å². The number of esters is 1. The van der Waals surface area contributed by atoms with Crippen LogP contribution in [0.25, 0.3) is 0 Å². The zero-order valence-corrected chi connectivity index (χ0v) is 12.2. The van der Waals surface area contributed by atoms with Crippen molar-refractivity contribution in [1.82, 2.24) is 10.5 Å². The first kappa shape index (κ1) is 15.3. The average molecular weight is 291 g/mol. The van der Waals surface area contributed by atoms with Gasteiger partial charge in [0.15, 0.2) is 0 Å². The van der Waals surface area contributed by atoms with Crippen LogP contribution in [0, 0.1) is 0 Å². The van der Waals surface area contributed by atoms with Crippen molar-refractivity contribution in [2.75, 3.05) is 25.1 Å². The van der Waals surface area contributed by atoms with Gasteiger partial charge in [0.25, 0.3) is 0 Å². The van der Waals surface area contributed by atoms with Crippen molar-refractivity contribution in [2.24, 2.45) is 0 Å². The van der Waals surface area contributed by atoms with Gasteiger partial charge in [0.1, 0.15) is 11.5 Å². The molecule has 114 valence electrons. The lowest BCUT2D eigenvalue weighted by Crippen LogP contribution is -2.18. The van der Waals surface area contributed by atoms with Gasteiger partial charge in [-0.05, 0) is 43.9 Å². The molecule has 0 spiro atoms. The molecule has 0 fully saturated rings. The van der Waals surface area contributed by atoms with Crippen LogP contribution in [-0.4, -0.2) is 30.7 Å². The van der Waals surface area contributed by atoms with Crippen molar-refractivity contribution in [2.45, 2.75) is 26.2 Å². The summed E-state index contributed by atoms with van der Waals surface area (Å²) in [6.07, 6.45) is 4.56. The summed E-state index contributed by atoms with van der Waals surface area (Å²) >= 11 is 0. The van der Waals surface area contributed by atoms with Crippen LogP contribution >= 0.6 is 0 Å². The van der Waals surface area contributed by atoms with Crippen LogP contribution < -0.4 is 10.8 Å². The molecule has 2 N–H and O–H groups in total. The highest BCUT2D eigenvalue weighted by atomic mass is 16.7. The summed E-state index contributed by atoms with van der Waals surface area (Å²) in [7, 11) is 0. The number of anilines is 1. The third-order valence-corrected chi connectivity index (χ3v) is 3.13. The number of hydrogen-bond donors (Lipinski definition) is 2. The fourth-order valence-corrected chi connectivity index (χ4v) is 2.07. The maximum atomic E-state index is 11.7.